The van der Waals surface area contributed by atoms with E-state index in [1.54, 1.807) is 6.20 Å². The van der Waals surface area contributed by atoms with Crippen LogP contribution in [-0.4, -0.2) is 28.8 Å². The molecule has 2 heterocycles. The van der Waals surface area contributed by atoms with Crippen LogP contribution in [0.2, 0.25) is 0 Å². The Morgan fingerprint density at radius 1 is 1.27 bits per heavy atom. The molecule has 1 aromatic heterocycles. The molecule has 0 unspecified atom stereocenters. The van der Waals surface area contributed by atoms with E-state index in [1.807, 2.05) is 41.2 Å². The third-order valence-corrected chi connectivity index (χ3v) is 4.08. The van der Waals surface area contributed by atoms with Crippen LogP contribution in [0, 0.1) is 5.92 Å². The number of hydrogen-bond acceptors (Lipinski definition) is 3. The second-order valence-corrected chi connectivity index (χ2v) is 5.80. The number of carbonyl (C=O) groups is 1. The van der Waals surface area contributed by atoms with Gasteiger partial charge in [0.05, 0.1) is 11.9 Å². The van der Waals surface area contributed by atoms with E-state index in [4.69, 9.17) is 0 Å². The first-order chi connectivity index (χ1) is 10.8. The second-order valence-electron chi connectivity index (χ2n) is 5.80. The van der Waals surface area contributed by atoms with Gasteiger partial charge in [-0.1, -0.05) is 18.2 Å². The standard InChI is InChI=1S/C17H22N4O/c22-17(10-14-6-8-18-9-7-14)19-11-15-12-20-21(13-15)16-4-2-1-3-5-16/h1-5,12-14,18H,6-11H2,(H,19,22). The Morgan fingerprint density at radius 3 is 2.82 bits per heavy atom. The number of carbonyl (C=O) groups excluding carboxylic acids is 1. The molecule has 0 atom stereocenters. The van der Waals surface area contributed by atoms with Crippen molar-refractivity contribution in [3.8, 4) is 5.69 Å². The number of aromatic nitrogens is 2. The van der Waals surface area contributed by atoms with Crippen molar-refractivity contribution in [3.63, 3.8) is 0 Å². The van der Waals surface area contributed by atoms with E-state index in [1.165, 1.54) is 0 Å². The molecule has 1 aromatic carbocycles. The van der Waals surface area contributed by atoms with E-state index >= 15 is 0 Å². The third kappa shape index (κ3) is 3.95. The van der Waals surface area contributed by atoms with Gasteiger partial charge in [-0.25, -0.2) is 4.68 Å². The lowest BCUT2D eigenvalue weighted by Crippen LogP contribution is -2.32. The number of benzene rings is 1. The van der Waals surface area contributed by atoms with E-state index in [-0.39, 0.29) is 5.91 Å². The van der Waals surface area contributed by atoms with Gasteiger partial charge in [0.15, 0.2) is 0 Å². The highest BCUT2D eigenvalue weighted by Gasteiger charge is 2.16. The van der Waals surface area contributed by atoms with Crippen LogP contribution in [-0.2, 0) is 11.3 Å². The molecule has 2 N–H and O–H groups in total. The van der Waals surface area contributed by atoms with Crippen molar-refractivity contribution in [2.75, 3.05) is 13.1 Å². The van der Waals surface area contributed by atoms with Gasteiger partial charge in [0, 0.05) is 24.7 Å². The van der Waals surface area contributed by atoms with Crippen molar-refractivity contribution in [3.05, 3.63) is 48.3 Å². The zero-order valence-corrected chi connectivity index (χ0v) is 12.7. The molecule has 22 heavy (non-hydrogen) atoms. The smallest absolute Gasteiger partial charge is 0.220 e. The molecule has 1 aliphatic heterocycles. The van der Waals surface area contributed by atoms with Crippen LogP contribution < -0.4 is 10.6 Å². The Kier molecular flexibility index (Phi) is 4.85. The summed E-state index contributed by atoms with van der Waals surface area (Å²) in [5.41, 5.74) is 2.04. The predicted molar refractivity (Wildman–Crippen MR) is 85.6 cm³/mol. The topological polar surface area (TPSA) is 59.0 Å². The summed E-state index contributed by atoms with van der Waals surface area (Å²) in [5.74, 6) is 0.660. The molecule has 0 radical (unpaired) electrons. The Labute approximate surface area is 130 Å². The molecule has 1 saturated heterocycles. The highest BCUT2D eigenvalue weighted by atomic mass is 16.1. The second kappa shape index (κ2) is 7.22. The van der Waals surface area contributed by atoms with Crippen molar-refractivity contribution in [1.29, 1.82) is 0 Å². The number of rotatable bonds is 5. The van der Waals surface area contributed by atoms with E-state index in [0.29, 0.717) is 18.9 Å². The fourth-order valence-corrected chi connectivity index (χ4v) is 2.79. The van der Waals surface area contributed by atoms with Crippen LogP contribution in [0.5, 0.6) is 0 Å². The molecule has 3 rings (SSSR count). The van der Waals surface area contributed by atoms with Crippen LogP contribution in [0.4, 0.5) is 0 Å². The zero-order valence-electron chi connectivity index (χ0n) is 12.7. The molecule has 5 nitrogen and oxygen atoms in total. The van der Waals surface area contributed by atoms with Gasteiger partial charge in [-0.05, 0) is 44.0 Å². The molecular weight excluding hydrogens is 276 g/mol. The van der Waals surface area contributed by atoms with Gasteiger partial charge in [-0.15, -0.1) is 0 Å². The molecule has 2 aromatic rings. The minimum atomic E-state index is 0.138. The number of nitrogens with one attached hydrogen (secondary N) is 2. The largest absolute Gasteiger partial charge is 0.352 e. The first-order valence-electron chi connectivity index (χ1n) is 7.87. The summed E-state index contributed by atoms with van der Waals surface area (Å²) in [4.78, 5) is 12.0. The first-order valence-corrected chi connectivity index (χ1v) is 7.87. The Hall–Kier alpha value is -2.14. The van der Waals surface area contributed by atoms with Crippen molar-refractivity contribution >= 4 is 5.91 Å². The number of piperidine rings is 1. The summed E-state index contributed by atoms with van der Waals surface area (Å²) in [6.45, 7) is 2.60. The molecular formula is C17H22N4O. The normalized spacial score (nSPS) is 15.6. The lowest BCUT2D eigenvalue weighted by atomic mass is 9.94. The fraction of sp³-hybridized carbons (Fsp3) is 0.412. The monoisotopic (exact) mass is 298 g/mol. The molecule has 116 valence electrons. The molecule has 0 aliphatic carbocycles. The van der Waals surface area contributed by atoms with Gasteiger partial charge in [0.25, 0.3) is 0 Å². The molecule has 5 heteroatoms. The zero-order chi connectivity index (χ0) is 15.2. The van der Waals surface area contributed by atoms with Crippen molar-refractivity contribution < 1.29 is 4.79 Å². The summed E-state index contributed by atoms with van der Waals surface area (Å²) in [6, 6.07) is 9.96. The van der Waals surface area contributed by atoms with Crippen LogP contribution in [0.15, 0.2) is 42.7 Å². The Bertz CT molecular complexity index is 602. The van der Waals surface area contributed by atoms with Crippen molar-refractivity contribution in [1.82, 2.24) is 20.4 Å². The number of para-hydroxylation sites is 1. The van der Waals surface area contributed by atoms with Crippen LogP contribution in [0.1, 0.15) is 24.8 Å². The minimum absolute atomic E-state index is 0.138. The van der Waals surface area contributed by atoms with Gasteiger partial charge in [-0.3, -0.25) is 4.79 Å². The highest BCUT2D eigenvalue weighted by molar-refractivity contribution is 5.76. The van der Waals surface area contributed by atoms with Crippen molar-refractivity contribution in [2.45, 2.75) is 25.8 Å². The van der Waals surface area contributed by atoms with E-state index in [9.17, 15) is 4.79 Å². The molecule has 0 spiro atoms. The molecule has 1 amide bonds. The van der Waals surface area contributed by atoms with E-state index < -0.39 is 0 Å². The lowest BCUT2D eigenvalue weighted by molar-refractivity contribution is -0.122. The summed E-state index contributed by atoms with van der Waals surface area (Å²) in [6.07, 6.45) is 6.59. The Morgan fingerprint density at radius 2 is 2.05 bits per heavy atom. The van der Waals surface area contributed by atoms with Gasteiger partial charge < -0.3 is 10.6 Å². The van der Waals surface area contributed by atoms with E-state index in [2.05, 4.69) is 15.7 Å². The quantitative estimate of drug-likeness (QED) is 0.886. The number of amides is 1. The van der Waals surface area contributed by atoms with Gasteiger partial charge in [-0.2, -0.15) is 5.10 Å². The number of nitrogens with zero attached hydrogens (tertiary/aromatic N) is 2. The van der Waals surface area contributed by atoms with Crippen LogP contribution >= 0.6 is 0 Å². The minimum Gasteiger partial charge on any atom is -0.352 e. The average Bonchev–Trinajstić information content (AvgIpc) is 3.04. The average molecular weight is 298 g/mol. The van der Waals surface area contributed by atoms with Gasteiger partial charge >= 0.3 is 0 Å². The maximum absolute atomic E-state index is 12.0. The fourth-order valence-electron chi connectivity index (χ4n) is 2.79. The van der Waals surface area contributed by atoms with Gasteiger partial charge in [0.1, 0.15) is 0 Å². The maximum atomic E-state index is 12.0. The molecule has 0 bridgehead atoms. The van der Waals surface area contributed by atoms with Gasteiger partial charge in [0.2, 0.25) is 5.91 Å². The molecule has 1 fully saturated rings. The highest BCUT2D eigenvalue weighted by Crippen LogP contribution is 2.15. The SMILES string of the molecule is O=C(CC1CCNCC1)NCc1cnn(-c2ccccc2)c1. The summed E-state index contributed by atoms with van der Waals surface area (Å²) in [7, 11) is 0. The van der Waals surface area contributed by atoms with Crippen LogP contribution in [0.25, 0.3) is 5.69 Å². The third-order valence-electron chi connectivity index (χ3n) is 4.08. The summed E-state index contributed by atoms with van der Waals surface area (Å²) >= 11 is 0. The molecule has 1 aliphatic rings. The maximum Gasteiger partial charge on any atom is 0.220 e. The lowest BCUT2D eigenvalue weighted by Gasteiger charge is -2.21. The molecule has 0 saturated carbocycles. The van der Waals surface area contributed by atoms with Crippen LogP contribution in [0.3, 0.4) is 0 Å². The summed E-state index contributed by atoms with van der Waals surface area (Å²) in [5, 5.41) is 10.7. The first kappa shape index (κ1) is 14.8. The Balaban J connectivity index is 1.49. The summed E-state index contributed by atoms with van der Waals surface area (Å²) < 4.78 is 1.83. The predicted octanol–water partition coefficient (Wildman–Crippen LogP) is 1.88. The number of hydrogen-bond donors (Lipinski definition) is 2. The van der Waals surface area contributed by atoms with E-state index in [0.717, 1.165) is 37.2 Å². The van der Waals surface area contributed by atoms with Crippen molar-refractivity contribution in [2.24, 2.45) is 5.92 Å².